The molecule has 1 aliphatic carbocycles. The molecule has 3 nitrogen and oxygen atoms in total. The van der Waals surface area contributed by atoms with Gasteiger partial charge in [-0.05, 0) is 42.8 Å². The first-order valence-electron chi connectivity index (χ1n) is 8.04. The average Bonchev–Trinajstić information content (AvgIpc) is 2.55. The van der Waals surface area contributed by atoms with Crippen molar-refractivity contribution in [3.8, 4) is 11.1 Å². The van der Waals surface area contributed by atoms with Crippen LogP contribution in [0, 0.1) is 11.7 Å². The minimum absolute atomic E-state index is 0.143. The lowest BCUT2D eigenvalue weighted by Gasteiger charge is -2.26. The minimum atomic E-state index is -0.410. The Morgan fingerprint density at radius 1 is 1.17 bits per heavy atom. The van der Waals surface area contributed by atoms with Gasteiger partial charge in [0, 0.05) is 17.7 Å². The second-order valence-corrected chi connectivity index (χ2v) is 7.32. The van der Waals surface area contributed by atoms with E-state index in [2.05, 4.69) is 15.0 Å². The first-order valence-corrected chi connectivity index (χ1v) is 9.23. The Morgan fingerprint density at radius 2 is 1.96 bits per heavy atom. The highest BCUT2D eigenvalue weighted by Crippen LogP contribution is 2.40. The van der Waals surface area contributed by atoms with Crippen LogP contribution in [-0.2, 0) is 0 Å². The van der Waals surface area contributed by atoms with Gasteiger partial charge in [0.1, 0.15) is 5.82 Å². The zero-order valence-electron chi connectivity index (χ0n) is 13.0. The van der Waals surface area contributed by atoms with Crippen LogP contribution in [0.25, 0.3) is 11.1 Å². The number of rotatable bonds is 3. The van der Waals surface area contributed by atoms with Gasteiger partial charge in [-0.25, -0.2) is 4.39 Å². The van der Waals surface area contributed by atoms with E-state index in [1.807, 2.05) is 24.3 Å². The molecule has 0 aromatic heterocycles. The fraction of sp³-hybridized carbons (Fsp3) is 0.278. The van der Waals surface area contributed by atoms with Gasteiger partial charge in [-0.1, -0.05) is 42.3 Å². The monoisotopic (exact) mass is 361 g/mol. The van der Waals surface area contributed by atoms with Crippen molar-refractivity contribution < 1.29 is 4.39 Å². The third-order valence-electron chi connectivity index (χ3n) is 4.50. The predicted molar refractivity (Wildman–Crippen MR) is 99.1 cm³/mol. The number of hydrogen-bond acceptors (Lipinski definition) is 2. The fourth-order valence-electron chi connectivity index (χ4n) is 2.90. The predicted octanol–water partition coefficient (Wildman–Crippen LogP) is 5.32. The summed E-state index contributed by atoms with van der Waals surface area (Å²) in [6.07, 6.45) is 3.85. The first kappa shape index (κ1) is 15.8. The summed E-state index contributed by atoms with van der Waals surface area (Å²) in [5.74, 6) is 1.05. The highest BCUT2D eigenvalue weighted by Gasteiger charge is 2.21. The van der Waals surface area contributed by atoms with Gasteiger partial charge in [0.25, 0.3) is 0 Å². The number of nitrogens with zero attached hydrogens (tertiary/aromatic N) is 1. The number of fused-ring (bicyclic) bond motifs is 1. The molecule has 0 saturated heterocycles. The standard InChI is InChI=1S/C18H17ClFN3S/c19-16-12(6-2-8-14(16)20)13-7-3-9-15-17(13)22-18(23-24-15)21-10-11-4-1-5-11/h2-3,6-9,11H,1,4-5,10H2,(H2,21,22,23). The summed E-state index contributed by atoms with van der Waals surface area (Å²) in [6, 6.07) is 10.8. The zero-order valence-corrected chi connectivity index (χ0v) is 14.6. The third-order valence-corrected chi connectivity index (χ3v) is 5.74. The average molecular weight is 362 g/mol. The van der Waals surface area contributed by atoms with E-state index in [4.69, 9.17) is 11.6 Å². The van der Waals surface area contributed by atoms with Gasteiger partial charge >= 0.3 is 0 Å². The number of benzene rings is 2. The van der Waals surface area contributed by atoms with E-state index in [1.165, 1.54) is 37.3 Å². The van der Waals surface area contributed by atoms with Crippen LogP contribution in [0.5, 0.6) is 0 Å². The van der Waals surface area contributed by atoms with Gasteiger partial charge in [-0.15, -0.1) is 0 Å². The summed E-state index contributed by atoms with van der Waals surface area (Å²) < 4.78 is 17.1. The molecule has 0 bridgehead atoms. The van der Waals surface area contributed by atoms with Crippen molar-refractivity contribution in [3.05, 3.63) is 47.2 Å². The van der Waals surface area contributed by atoms with E-state index in [0.717, 1.165) is 28.7 Å². The second-order valence-electron chi connectivity index (χ2n) is 6.10. The SMILES string of the molecule is Fc1cccc(-c2cccc3c2NC(=NCC2CCC2)NS3)c1Cl. The molecule has 24 heavy (non-hydrogen) atoms. The fourth-order valence-corrected chi connectivity index (χ4v) is 3.86. The normalized spacial score (nSPS) is 18.5. The van der Waals surface area contributed by atoms with Gasteiger partial charge in [0.2, 0.25) is 5.96 Å². The molecule has 1 heterocycles. The molecule has 1 aliphatic heterocycles. The topological polar surface area (TPSA) is 36.4 Å². The molecule has 2 aliphatic rings. The maximum atomic E-state index is 13.8. The van der Waals surface area contributed by atoms with Crippen molar-refractivity contribution in [2.75, 3.05) is 11.9 Å². The van der Waals surface area contributed by atoms with Crippen LogP contribution in [0.2, 0.25) is 5.02 Å². The second kappa shape index (κ2) is 6.65. The van der Waals surface area contributed by atoms with E-state index in [9.17, 15) is 4.39 Å². The van der Waals surface area contributed by atoms with Crippen LogP contribution in [0.4, 0.5) is 10.1 Å². The smallest absolute Gasteiger partial charge is 0.206 e. The molecular formula is C18H17ClFN3S. The van der Waals surface area contributed by atoms with Crippen molar-refractivity contribution >= 4 is 35.2 Å². The van der Waals surface area contributed by atoms with E-state index in [1.54, 1.807) is 6.07 Å². The van der Waals surface area contributed by atoms with Crippen LogP contribution < -0.4 is 10.0 Å². The van der Waals surface area contributed by atoms with Gasteiger partial charge in [-0.2, -0.15) is 0 Å². The van der Waals surface area contributed by atoms with E-state index < -0.39 is 5.82 Å². The van der Waals surface area contributed by atoms with Crippen LogP contribution in [0.1, 0.15) is 19.3 Å². The Hall–Kier alpha value is -1.72. The number of nitrogens with one attached hydrogen (secondary N) is 2. The number of para-hydroxylation sites is 1. The summed E-state index contributed by atoms with van der Waals surface area (Å²) in [5.41, 5.74) is 2.48. The molecule has 2 aromatic rings. The Kier molecular flexibility index (Phi) is 4.37. The van der Waals surface area contributed by atoms with Crippen molar-refractivity contribution in [1.82, 2.24) is 4.72 Å². The summed E-state index contributed by atoms with van der Waals surface area (Å²) >= 11 is 7.69. The Bertz CT molecular complexity index is 805. The van der Waals surface area contributed by atoms with Crippen molar-refractivity contribution in [2.24, 2.45) is 10.9 Å². The number of anilines is 1. The number of hydrogen-bond donors (Lipinski definition) is 2. The molecular weight excluding hydrogens is 345 g/mol. The highest BCUT2D eigenvalue weighted by molar-refractivity contribution is 7.98. The third kappa shape index (κ3) is 2.98. The lowest BCUT2D eigenvalue weighted by Crippen LogP contribution is -2.31. The Morgan fingerprint density at radius 3 is 2.75 bits per heavy atom. The summed E-state index contributed by atoms with van der Waals surface area (Å²) in [6.45, 7) is 0.841. The lowest BCUT2D eigenvalue weighted by molar-refractivity contribution is 0.326. The summed E-state index contributed by atoms with van der Waals surface area (Å²) in [4.78, 5) is 5.68. The van der Waals surface area contributed by atoms with Crippen LogP contribution >= 0.6 is 23.5 Å². The molecule has 1 fully saturated rings. The quantitative estimate of drug-likeness (QED) is 0.726. The van der Waals surface area contributed by atoms with Gasteiger partial charge in [-0.3, -0.25) is 9.71 Å². The molecule has 6 heteroatoms. The maximum absolute atomic E-state index is 13.8. The van der Waals surface area contributed by atoms with Gasteiger partial charge in [0.05, 0.1) is 15.6 Å². The molecule has 2 aromatic carbocycles. The summed E-state index contributed by atoms with van der Waals surface area (Å²) in [7, 11) is 0. The van der Waals surface area contributed by atoms with Crippen molar-refractivity contribution in [3.63, 3.8) is 0 Å². The van der Waals surface area contributed by atoms with Crippen LogP contribution in [0.3, 0.4) is 0 Å². The molecule has 0 unspecified atom stereocenters. The van der Waals surface area contributed by atoms with E-state index >= 15 is 0 Å². The van der Waals surface area contributed by atoms with E-state index in [0.29, 0.717) is 11.5 Å². The molecule has 4 rings (SSSR count). The van der Waals surface area contributed by atoms with Gasteiger partial charge < -0.3 is 5.32 Å². The molecule has 0 spiro atoms. The Labute approximate surface area is 149 Å². The largest absolute Gasteiger partial charge is 0.324 e. The number of guanidine groups is 1. The van der Waals surface area contributed by atoms with Gasteiger partial charge in [0.15, 0.2) is 0 Å². The molecule has 2 N–H and O–H groups in total. The highest BCUT2D eigenvalue weighted by atomic mass is 35.5. The molecule has 1 saturated carbocycles. The zero-order chi connectivity index (χ0) is 16.5. The molecule has 0 atom stereocenters. The molecule has 0 amide bonds. The molecule has 124 valence electrons. The van der Waals surface area contributed by atoms with Crippen molar-refractivity contribution in [1.29, 1.82) is 0 Å². The van der Waals surface area contributed by atoms with E-state index in [-0.39, 0.29) is 5.02 Å². The van der Waals surface area contributed by atoms with Crippen LogP contribution in [0.15, 0.2) is 46.3 Å². The first-order chi connectivity index (χ1) is 11.7. The lowest BCUT2D eigenvalue weighted by atomic mass is 9.86. The molecule has 0 radical (unpaired) electrons. The summed E-state index contributed by atoms with van der Waals surface area (Å²) in [5, 5.41) is 3.49. The number of aliphatic imine (C=N–C) groups is 1. The maximum Gasteiger partial charge on any atom is 0.206 e. The van der Waals surface area contributed by atoms with Crippen molar-refractivity contribution in [2.45, 2.75) is 24.2 Å². The Balaban J connectivity index is 1.67. The van der Waals surface area contributed by atoms with Crippen LogP contribution in [-0.4, -0.2) is 12.5 Å². The number of halogens is 2. The minimum Gasteiger partial charge on any atom is -0.324 e.